The number of nitrogens with zero attached hydrogens (tertiary/aromatic N) is 3. The van der Waals surface area contributed by atoms with E-state index < -0.39 is 22.8 Å². The largest absolute Gasteiger partial charge is 0.417 e. The fraction of sp³-hybridized carbons (Fsp3) is 0.333. The molecule has 1 aliphatic heterocycles. The van der Waals surface area contributed by atoms with Crippen LogP contribution in [0, 0.1) is 18.3 Å². The van der Waals surface area contributed by atoms with Crippen molar-refractivity contribution in [3.8, 4) is 6.07 Å². The van der Waals surface area contributed by atoms with Gasteiger partial charge in [0.2, 0.25) is 0 Å². The Labute approximate surface area is 179 Å². The van der Waals surface area contributed by atoms with Gasteiger partial charge in [0.1, 0.15) is 11.4 Å². The number of amides is 1. The lowest BCUT2D eigenvalue weighted by Gasteiger charge is -2.39. The van der Waals surface area contributed by atoms with Crippen LogP contribution in [0.3, 0.4) is 0 Å². The zero-order valence-corrected chi connectivity index (χ0v) is 17.2. The average Bonchev–Trinajstić information content (AvgIpc) is 2.94. The lowest BCUT2D eigenvalue weighted by Crippen LogP contribution is -2.50. The summed E-state index contributed by atoms with van der Waals surface area (Å²) in [5.41, 5.74) is -0.470. The monoisotopic (exact) mass is 425 g/mol. The molecule has 0 bridgehead atoms. The summed E-state index contributed by atoms with van der Waals surface area (Å²) in [6, 6.07) is 12.6. The van der Waals surface area contributed by atoms with E-state index in [1.807, 2.05) is 36.1 Å². The molecule has 160 valence electrons. The summed E-state index contributed by atoms with van der Waals surface area (Å²) in [5, 5.41) is 9.10. The topological polar surface area (TPSA) is 47.3 Å². The molecule has 0 unspecified atom stereocenters. The molecule has 0 N–H and O–H groups in total. The Morgan fingerprint density at radius 3 is 2.23 bits per heavy atom. The van der Waals surface area contributed by atoms with Gasteiger partial charge in [-0.1, -0.05) is 43.5 Å². The van der Waals surface area contributed by atoms with Gasteiger partial charge in [0.15, 0.2) is 0 Å². The zero-order valence-electron chi connectivity index (χ0n) is 17.2. The number of halogens is 3. The van der Waals surface area contributed by atoms with Crippen LogP contribution in [0.2, 0.25) is 0 Å². The second kappa shape index (κ2) is 7.45. The van der Waals surface area contributed by atoms with Crippen molar-refractivity contribution >= 4 is 17.3 Å². The van der Waals surface area contributed by atoms with E-state index in [2.05, 4.69) is 6.58 Å². The molecule has 0 radical (unpaired) electrons. The van der Waals surface area contributed by atoms with E-state index >= 15 is 0 Å². The number of nitriles is 1. The first-order valence-corrected chi connectivity index (χ1v) is 10.2. The third kappa shape index (κ3) is 3.36. The lowest BCUT2D eigenvalue weighted by atomic mass is 9.80. The second-order valence-electron chi connectivity index (χ2n) is 8.16. The summed E-state index contributed by atoms with van der Waals surface area (Å²) >= 11 is 0. The molecule has 4 nitrogen and oxygen atoms in total. The first-order chi connectivity index (χ1) is 14.7. The van der Waals surface area contributed by atoms with Crippen molar-refractivity contribution in [1.82, 2.24) is 0 Å². The van der Waals surface area contributed by atoms with E-state index in [0.717, 1.165) is 42.6 Å². The third-order valence-corrected chi connectivity index (χ3v) is 6.21. The number of alkyl halides is 3. The molecule has 7 heteroatoms. The molecule has 1 saturated carbocycles. The van der Waals surface area contributed by atoms with Gasteiger partial charge in [-0.15, -0.1) is 0 Å². The van der Waals surface area contributed by atoms with Crippen LogP contribution in [0.15, 0.2) is 54.9 Å². The SMILES string of the molecule is C=C1N(c2ccc(C#N)c(C(F)(F)F)c2)C(=O)C2(CCCCC2)N1c1ccc(C)cc1. The standard InChI is InChI=1S/C24H22F3N3O/c1-16-6-9-19(10-7-16)30-17(2)29(22(31)23(30)12-4-3-5-13-23)20-11-8-18(15-28)21(14-20)24(25,26)27/h6-11,14H,2-5,12-13H2,1H3. The van der Waals surface area contributed by atoms with E-state index in [0.29, 0.717) is 18.7 Å². The summed E-state index contributed by atoms with van der Waals surface area (Å²) in [4.78, 5) is 16.9. The molecule has 4 rings (SSSR count). The summed E-state index contributed by atoms with van der Waals surface area (Å²) in [5.74, 6) is 0.0594. The Kier molecular flexibility index (Phi) is 5.04. The van der Waals surface area contributed by atoms with Gasteiger partial charge in [0.05, 0.1) is 22.9 Å². The number of carbonyl (C=O) groups excluding carboxylic acids is 1. The van der Waals surface area contributed by atoms with Gasteiger partial charge in [-0.3, -0.25) is 9.69 Å². The molecular weight excluding hydrogens is 403 g/mol. The first kappa shape index (κ1) is 21.0. The Morgan fingerprint density at radius 1 is 1.03 bits per heavy atom. The van der Waals surface area contributed by atoms with Gasteiger partial charge in [-0.2, -0.15) is 18.4 Å². The van der Waals surface area contributed by atoms with Crippen molar-refractivity contribution in [3.63, 3.8) is 0 Å². The smallest absolute Gasteiger partial charge is 0.313 e. The molecular formula is C24H22F3N3O. The third-order valence-electron chi connectivity index (χ3n) is 6.21. The number of aryl methyl sites for hydroxylation is 1. The van der Waals surface area contributed by atoms with Crippen LogP contribution in [0.25, 0.3) is 0 Å². The molecule has 2 aliphatic rings. The first-order valence-electron chi connectivity index (χ1n) is 10.2. The molecule has 1 aliphatic carbocycles. The van der Waals surface area contributed by atoms with E-state index in [1.54, 1.807) is 6.07 Å². The van der Waals surface area contributed by atoms with Gasteiger partial charge in [0.25, 0.3) is 5.91 Å². The van der Waals surface area contributed by atoms with Crippen LogP contribution in [0.5, 0.6) is 0 Å². The van der Waals surface area contributed by atoms with Crippen LogP contribution in [0.1, 0.15) is 48.8 Å². The van der Waals surface area contributed by atoms with Gasteiger partial charge in [-0.25, -0.2) is 0 Å². The molecule has 1 spiro atoms. The van der Waals surface area contributed by atoms with E-state index in [9.17, 15) is 18.0 Å². The summed E-state index contributed by atoms with van der Waals surface area (Å²) < 4.78 is 40.6. The number of rotatable bonds is 2. The predicted octanol–water partition coefficient (Wildman–Crippen LogP) is 5.91. The van der Waals surface area contributed by atoms with Gasteiger partial charge in [-0.05, 0) is 50.1 Å². The van der Waals surface area contributed by atoms with Crippen LogP contribution in [-0.4, -0.2) is 11.4 Å². The van der Waals surface area contributed by atoms with Crippen LogP contribution < -0.4 is 9.80 Å². The molecule has 2 aromatic rings. The molecule has 0 atom stereocenters. The molecule has 2 aromatic carbocycles. The van der Waals surface area contributed by atoms with Crippen LogP contribution >= 0.6 is 0 Å². The zero-order chi connectivity index (χ0) is 22.4. The molecule has 2 fully saturated rings. The number of carbonyl (C=O) groups is 1. The highest BCUT2D eigenvalue weighted by Gasteiger charge is 2.55. The normalized spacial score (nSPS) is 18.5. The Bertz CT molecular complexity index is 1080. The second-order valence-corrected chi connectivity index (χ2v) is 8.16. The molecule has 1 heterocycles. The minimum atomic E-state index is -4.70. The van der Waals surface area contributed by atoms with Gasteiger partial charge >= 0.3 is 6.18 Å². The highest BCUT2D eigenvalue weighted by atomic mass is 19.4. The fourth-order valence-electron chi connectivity index (χ4n) is 4.70. The maximum Gasteiger partial charge on any atom is 0.417 e. The average molecular weight is 425 g/mol. The van der Waals surface area contributed by atoms with Crippen LogP contribution in [-0.2, 0) is 11.0 Å². The quantitative estimate of drug-likeness (QED) is 0.601. The summed E-state index contributed by atoms with van der Waals surface area (Å²) in [6.45, 7) is 6.08. The van der Waals surface area contributed by atoms with Crippen molar-refractivity contribution in [2.75, 3.05) is 9.80 Å². The van der Waals surface area contributed by atoms with E-state index in [1.165, 1.54) is 11.0 Å². The van der Waals surface area contributed by atoms with Crippen molar-refractivity contribution in [2.24, 2.45) is 0 Å². The van der Waals surface area contributed by atoms with Crippen LogP contribution in [0.4, 0.5) is 24.5 Å². The maximum absolute atomic E-state index is 13.7. The summed E-state index contributed by atoms with van der Waals surface area (Å²) in [7, 11) is 0. The summed E-state index contributed by atoms with van der Waals surface area (Å²) in [6.07, 6.45) is -0.759. The number of anilines is 2. The Morgan fingerprint density at radius 2 is 1.65 bits per heavy atom. The van der Waals surface area contributed by atoms with Crippen molar-refractivity contribution < 1.29 is 18.0 Å². The number of benzene rings is 2. The molecule has 1 amide bonds. The lowest BCUT2D eigenvalue weighted by molar-refractivity contribution is -0.137. The Hall–Kier alpha value is -3.27. The molecule has 31 heavy (non-hydrogen) atoms. The highest BCUT2D eigenvalue weighted by molar-refractivity contribution is 6.10. The molecule has 1 saturated heterocycles. The maximum atomic E-state index is 13.7. The van der Waals surface area contributed by atoms with Gasteiger partial charge in [0, 0.05) is 5.69 Å². The van der Waals surface area contributed by atoms with Crippen molar-refractivity contribution in [3.05, 3.63) is 71.6 Å². The molecule has 0 aromatic heterocycles. The predicted molar refractivity (Wildman–Crippen MR) is 112 cm³/mol. The van der Waals surface area contributed by atoms with Gasteiger partial charge < -0.3 is 4.90 Å². The van der Waals surface area contributed by atoms with Crippen molar-refractivity contribution in [1.29, 1.82) is 5.26 Å². The fourth-order valence-corrected chi connectivity index (χ4v) is 4.70. The Balaban J connectivity index is 1.85. The minimum absolute atomic E-state index is 0.0703. The van der Waals surface area contributed by atoms with Crippen molar-refractivity contribution in [2.45, 2.75) is 50.7 Å². The number of hydrogen-bond acceptors (Lipinski definition) is 3. The van der Waals surface area contributed by atoms with E-state index in [4.69, 9.17) is 5.26 Å². The minimum Gasteiger partial charge on any atom is -0.313 e. The highest BCUT2D eigenvalue weighted by Crippen LogP contribution is 2.48. The van der Waals surface area contributed by atoms with E-state index in [-0.39, 0.29) is 11.6 Å². The number of hydrogen-bond donors (Lipinski definition) is 0.